The minimum atomic E-state index is -0.562. The SMILES string of the molecule is CC(=O)CN1N=C(C)C(C)N2C3C(=O)N(Cc4cc(C)ccc4C)C(=O)N(C)C3NC12. The van der Waals surface area contributed by atoms with E-state index in [4.69, 9.17) is 0 Å². The number of nitrogens with one attached hydrogen (secondary N) is 1. The second kappa shape index (κ2) is 7.72. The number of aryl methyl sites for hydroxylation is 2. The highest BCUT2D eigenvalue weighted by Gasteiger charge is 2.58. The molecule has 31 heavy (non-hydrogen) atoms. The smallest absolute Gasteiger partial charge is 0.310 e. The number of hydrogen-bond donors (Lipinski definition) is 1. The molecule has 0 saturated carbocycles. The van der Waals surface area contributed by atoms with Gasteiger partial charge < -0.3 is 4.90 Å². The van der Waals surface area contributed by atoms with Gasteiger partial charge in [-0.2, -0.15) is 5.10 Å². The maximum Gasteiger partial charge on any atom is 0.328 e. The van der Waals surface area contributed by atoms with Gasteiger partial charge in [0.1, 0.15) is 12.2 Å². The van der Waals surface area contributed by atoms with Crippen LogP contribution in [-0.2, 0) is 16.1 Å². The maximum atomic E-state index is 13.7. The van der Waals surface area contributed by atoms with Gasteiger partial charge in [0.25, 0.3) is 5.91 Å². The molecule has 4 atom stereocenters. The van der Waals surface area contributed by atoms with E-state index in [-0.39, 0.29) is 36.9 Å². The van der Waals surface area contributed by atoms with Crippen LogP contribution in [0.3, 0.4) is 0 Å². The molecule has 9 nitrogen and oxygen atoms in total. The number of carbonyl (C=O) groups excluding carboxylic acids is 3. The zero-order valence-electron chi connectivity index (χ0n) is 18.9. The Kier molecular flexibility index (Phi) is 5.35. The fraction of sp³-hybridized carbons (Fsp3) is 0.545. The zero-order chi connectivity index (χ0) is 22.6. The lowest BCUT2D eigenvalue weighted by Gasteiger charge is -2.45. The van der Waals surface area contributed by atoms with Gasteiger partial charge in [-0.3, -0.25) is 24.8 Å². The summed E-state index contributed by atoms with van der Waals surface area (Å²) in [5.41, 5.74) is 3.91. The topological polar surface area (TPSA) is 88.6 Å². The van der Waals surface area contributed by atoms with E-state index in [9.17, 15) is 14.4 Å². The van der Waals surface area contributed by atoms with Crippen LogP contribution in [0.1, 0.15) is 37.5 Å². The number of hydrazone groups is 1. The lowest BCUT2D eigenvalue weighted by atomic mass is 10.0. The third kappa shape index (κ3) is 3.51. The Morgan fingerprint density at radius 2 is 1.90 bits per heavy atom. The zero-order valence-corrected chi connectivity index (χ0v) is 18.9. The molecule has 1 N–H and O–H groups in total. The average Bonchev–Trinajstić information content (AvgIpc) is 3.11. The summed E-state index contributed by atoms with van der Waals surface area (Å²) in [5, 5.41) is 9.62. The molecule has 0 spiro atoms. The minimum Gasteiger partial charge on any atom is -0.310 e. The molecule has 4 unspecified atom stereocenters. The van der Waals surface area contributed by atoms with Crippen LogP contribution < -0.4 is 5.32 Å². The molecule has 0 radical (unpaired) electrons. The number of fused-ring (bicyclic) bond motifs is 3. The Morgan fingerprint density at radius 1 is 1.19 bits per heavy atom. The Labute approximate surface area is 182 Å². The van der Waals surface area contributed by atoms with E-state index < -0.39 is 18.5 Å². The van der Waals surface area contributed by atoms with Crippen LogP contribution in [0.2, 0.25) is 0 Å². The Morgan fingerprint density at radius 3 is 2.58 bits per heavy atom. The minimum absolute atomic E-state index is 0.0185. The highest BCUT2D eigenvalue weighted by Crippen LogP contribution is 2.33. The van der Waals surface area contributed by atoms with Crippen LogP contribution in [-0.4, -0.2) is 81.3 Å². The quantitative estimate of drug-likeness (QED) is 0.780. The van der Waals surface area contributed by atoms with Crippen molar-refractivity contribution in [2.45, 2.75) is 65.7 Å². The first-order chi connectivity index (χ1) is 14.6. The first kappa shape index (κ1) is 21.5. The van der Waals surface area contributed by atoms with Crippen LogP contribution in [0, 0.1) is 13.8 Å². The van der Waals surface area contributed by atoms with Crippen molar-refractivity contribution in [3.63, 3.8) is 0 Å². The number of benzene rings is 1. The largest absolute Gasteiger partial charge is 0.328 e. The highest BCUT2D eigenvalue weighted by atomic mass is 16.2. The van der Waals surface area contributed by atoms with Gasteiger partial charge in [0.05, 0.1) is 24.8 Å². The van der Waals surface area contributed by atoms with E-state index in [1.54, 1.807) is 17.0 Å². The molecule has 0 aromatic heterocycles. The fourth-order valence-corrected chi connectivity index (χ4v) is 4.68. The van der Waals surface area contributed by atoms with Crippen LogP contribution in [0.15, 0.2) is 23.3 Å². The van der Waals surface area contributed by atoms with Crippen molar-refractivity contribution >= 4 is 23.4 Å². The number of hydrogen-bond acceptors (Lipinski definition) is 7. The van der Waals surface area contributed by atoms with Crippen LogP contribution >= 0.6 is 0 Å². The fourth-order valence-electron chi connectivity index (χ4n) is 4.68. The summed E-state index contributed by atoms with van der Waals surface area (Å²) >= 11 is 0. The van der Waals surface area contributed by atoms with Gasteiger partial charge >= 0.3 is 6.03 Å². The standard InChI is InChI=1S/C22H30N6O3/c1-12-7-8-13(2)17(9-12)11-26-20(30)18-19(25(6)22(26)31)23-21-27(10-14(3)29)24-15(4)16(5)28(18)21/h7-9,16,18-19,21,23H,10-11H2,1-6H3. The van der Waals surface area contributed by atoms with Gasteiger partial charge in [0, 0.05) is 7.05 Å². The van der Waals surface area contributed by atoms with Gasteiger partial charge in [-0.05, 0) is 45.7 Å². The molecule has 3 aliphatic rings. The molecule has 4 rings (SSSR count). The molecule has 3 amide bonds. The number of rotatable bonds is 4. The van der Waals surface area contributed by atoms with Gasteiger partial charge in [-0.1, -0.05) is 23.8 Å². The summed E-state index contributed by atoms with van der Waals surface area (Å²) < 4.78 is 0. The van der Waals surface area contributed by atoms with Crippen molar-refractivity contribution in [1.29, 1.82) is 0 Å². The van der Waals surface area contributed by atoms with E-state index >= 15 is 0 Å². The summed E-state index contributed by atoms with van der Waals surface area (Å²) in [6, 6.07) is 5.05. The molecule has 3 heterocycles. The first-order valence-electron chi connectivity index (χ1n) is 10.6. The normalized spacial score (nSPS) is 28.6. The van der Waals surface area contributed by atoms with E-state index in [1.807, 2.05) is 50.8 Å². The second-order valence-electron chi connectivity index (χ2n) is 8.84. The van der Waals surface area contributed by atoms with Crippen LogP contribution in [0.4, 0.5) is 4.79 Å². The Hall–Kier alpha value is -2.78. The van der Waals surface area contributed by atoms with Crippen molar-refractivity contribution in [3.8, 4) is 0 Å². The molecular formula is C22H30N6O3. The van der Waals surface area contributed by atoms with Crippen LogP contribution in [0.5, 0.6) is 0 Å². The van der Waals surface area contributed by atoms with E-state index in [0.29, 0.717) is 0 Å². The van der Waals surface area contributed by atoms with Gasteiger partial charge in [-0.25, -0.2) is 9.69 Å². The molecule has 166 valence electrons. The van der Waals surface area contributed by atoms with Crippen molar-refractivity contribution in [3.05, 3.63) is 34.9 Å². The highest BCUT2D eigenvalue weighted by molar-refractivity contribution is 6.01. The van der Waals surface area contributed by atoms with Gasteiger partial charge in [0.15, 0.2) is 12.1 Å². The van der Waals surface area contributed by atoms with Crippen molar-refractivity contribution in [2.24, 2.45) is 5.10 Å². The molecule has 0 aliphatic carbocycles. The second-order valence-corrected chi connectivity index (χ2v) is 8.84. The monoisotopic (exact) mass is 426 g/mol. The summed E-state index contributed by atoms with van der Waals surface area (Å²) in [4.78, 5) is 43.6. The number of imide groups is 1. The number of Topliss-reactive ketones (excluding diaryl/α,β-unsaturated/α-hetero) is 1. The third-order valence-corrected chi connectivity index (χ3v) is 6.53. The third-order valence-electron chi connectivity index (χ3n) is 6.53. The van der Waals surface area contributed by atoms with Gasteiger partial charge in [-0.15, -0.1) is 0 Å². The van der Waals surface area contributed by atoms with Crippen molar-refractivity contribution in [1.82, 2.24) is 25.0 Å². The number of urea groups is 1. The number of carbonyl (C=O) groups is 3. The number of likely N-dealkylation sites (N-methyl/N-ethyl adjacent to an activating group) is 1. The van der Waals surface area contributed by atoms with Crippen molar-refractivity contribution in [2.75, 3.05) is 13.6 Å². The maximum absolute atomic E-state index is 13.7. The average molecular weight is 427 g/mol. The lowest BCUT2D eigenvalue weighted by molar-refractivity contribution is -0.140. The molecular weight excluding hydrogens is 396 g/mol. The summed E-state index contributed by atoms with van der Waals surface area (Å²) in [6.45, 7) is 9.77. The molecule has 3 aliphatic heterocycles. The molecule has 9 heteroatoms. The van der Waals surface area contributed by atoms with E-state index in [2.05, 4.69) is 10.4 Å². The Balaban J connectivity index is 1.68. The number of amides is 3. The number of ketones is 1. The summed E-state index contributed by atoms with van der Waals surface area (Å²) in [5.74, 6) is -0.247. The van der Waals surface area contributed by atoms with E-state index in [1.165, 1.54) is 11.8 Å². The summed E-state index contributed by atoms with van der Waals surface area (Å²) in [7, 11) is 1.71. The summed E-state index contributed by atoms with van der Waals surface area (Å²) in [6.07, 6.45) is -0.921. The van der Waals surface area contributed by atoms with Gasteiger partial charge in [0.2, 0.25) is 0 Å². The Bertz CT molecular complexity index is 976. The lowest BCUT2D eigenvalue weighted by Crippen LogP contribution is -2.67. The molecule has 2 saturated heterocycles. The predicted octanol–water partition coefficient (Wildman–Crippen LogP) is 1.25. The molecule has 2 fully saturated rings. The van der Waals surface area contributed by atoms with Crippen molar-refractivity contribution < 1.29 is 14.4 Å². The molecule has 1 aromatic rings. The van der Waals surface area contributed by atoms with E-state index in [0.717, 1.165) is 22.4 Å². The molecule has 0 bridgehead atoms. The predicted molar refractivity (Wildman–Crippen MR) is 116 cm³/mol. The first-order valence-corrected chi connectivity index (χ1v) is 10.6. The number of nitrogens with zero attached hydrogens (tertiary/aromatic N) is 5. The van der Waals surface area contributed by atoms with Crippen LogP contribution in [0.25, 0.3) is 0 Å². The molecule has 1 aromatic carbocycles.